The maximum atomic E-state index is 10.6. The van der Waals surface area contributed by atoms with Gasteiger partial charge in [-0.3, -0.25) is 10.1 Å². The van der Waals surface area contributed by atoms with Gasteiger partial charge in [0, 0.05) is 31.3 Å². The highest BCUT2D eigenvalue weighted by atomic mass is 16.6. The van der Waals surface area contributed by atoms with E-state index in [9.17, 15) is 10.1 Å². The quantitative estimate of drug-likeness (QED) is 0.646. The fraction of sp³-hybridized carbons (Fsp3) is 0.625. The lowest BCUT2D eigenvalue weighted by atomic mass is 9.86. The SMILES string of the molecule is CN(CCc1ccc([N+](=O)[O-])cc1)C1CCC(CO)CC1. The molecule has 0 unspecified atom stereocenters. The first-order chi connectivity index (χ1) is 10.1. The largest absolute Gasteiger partial charge is 0.396 e. The van der Waals surface area contributed by atoms with Crippen molar-refractivity contribution in [3.63, 3.8) is 0 Å². The molecule has 0 aliphatic heterocycles. The first-order valence-electron chi connectivity index (χ1n) is 7.64. The molecule has 5 nitrogen and oxygen atoms in total. The second-order valence-electron chi connectivity index (χ2n) is 6.01. The molecule has 0 atom stereocenters. The van der Waals surface area contributed by atoms with Crippen molar-refractivity contribution in [2.45, 2.75) is 38.1 Å². The molecule has 1 saturated carbocycles. The Morgan fingerprint density at radius 3 is 2.38 bits per heavy atom. The molecule has 1 aromatic carbocycles. The Labute approximate surface area is 125 Å². The summed E-state index contributed by atoms with van der Waals surface area (Å²) in [6.07, 6.45) is 5.45. The average molecular weight is 292 g/mol. The number of benzene rings is 1. The van der Waals surface area contributed by atoms with E-state index < -0.39 is 0 Å². The fourth-order valence-electron chi connectivity index (χ4n) is 3.04. The van der Waals surface area contributed by atoms with Crippen molar-refractivity contribution in [1.29, 1.82) is 0 Å². The molecule has 1 N–H and O–H groups in total. The van der Waals surface area contributed by atoms with Gasteiger partial charge in [0.1, 0.15) is 0 Å². The van der Waals surface area contributed by atoms with E-state index in [1.165, 1.54) is 0 Å². The number of nitrogens with zero attached hydrogens (tertiary/aromatic N) is 2. The van der Waals surface area contributed by atoms with Gasteiger partial charge in [0.2, 0.25) is 0 Å². The van der Waals surface area contributed by atoms with Crippen molar-refractivity contribution in [1.82, 2.24) is 4.90 Å². The van der Waals surface area contributed by atoms with Gasteiger partial charge in [0.15, 0.2) is 0 Å². The lowest BCUT2D eigenvalue weighted by molar-refractivity contribution is -0.384. The first kappa shape index (κ1) is 15.9. The second kappa shape index (κ2) is 7.52. The minimum atomic E-state index is -0.366. The molecule has 21 heavy (non-hydrogen) atoms. The Balaban J connectivity index is 1.78. The van der Waals surface area contributed by atoms with Crippen LogP contribution in [-0.4, -0.2) is 41.2 Å². The molecule has 5 heteroatoms. The minimum Gasteiger partial charge on any atom is -0.396 e. The van der Waals surface area contributed by atoms with Crippen LogP contribution in [0.25, 0.3) is 0 Å². The first-order valence-corrected chi connectivity index (χ1v) is 7.64. The van der Waals surface area contributed by atoms with E-state index in [-0.39, 0.29) is 10.6 Å². The van der Waals surface area contributed by atoms with Gasteiger partial charge in [-0.25, -0.2) is 0 Å². The molecule has 0 saturated heterocycles. The molecule has 0 bridgehead atoms. The average Bonchev–Trinajstić information content (AvgIpc) is 2.53. The lowest BCUT2D eigenvalue weighted by Crippen LogP contribution is -2.36. The van der Waals surface area contributed by atoms with Gasteiger partial charge in [0.05, 0.1) is 4.92 Å². The number of likely N-dealkylation sites (N-methyl/N-ethyl adjacent to an activating group) is 1. The van der Waals surface area contributed by atoms with Gasteiger partial charge in [0.25, 0.3) is 5.69 Å². The van der Waals surface area contributed by atoms with E-state index in [4.69, 9.17) is 5.11 Å². The normalized spacial score (nSPS) is 22.4. The second-order valence-corrected chi connectivity index (χ2v) is 6.01. The van der Waals surface area contributed by atoms with Gasteiger partial charge in [-0.05, 0) is 50.6 Å². The third-order valence-corrected chi connectivity index (χ3v) is 4.60. The highest BCUT2D eigenvalue weighted by Gasteiger charge is 2.23. The number of rotatable bonds is 6. The number of hydrogen-bond donors (Lipinski definition) is 1. The van der Waals surface area contributed by atoms with Crippen LogP contribution in [0.5, 0.6) is 0 Å². The number of non-ortho nitro benzene ring substituents is 1. The van der Waals surface area contributed by atoms with Crippen LogP contribution in [0.3, 0.4) is 0 Å². The number of nitro groups is 1. The zero-order valence-electron chi connectivity index (χ0n) is 12.6. The minimum absolute atomic E-state index is 0.148. The monoisotopic (exact) mass is 292 g/mol. The van der Waals surface area contributed by atoms with E-state index in [0.717, 1.165) is 44.2 Å². The summed E-state index contributed by atoms with van der Waals surface area (Å²) in [6.45, 7) is 1.28. The maximum Gasteiger partial charge on any atom is 0.269 e. The van der Waals surface area contributed by atoms with Crippen molar-refractivity contribution >= 4 is 5.69 Å². The van der Waals surface area contributed by atoms with Gasteiger partial charge < -0.3 is 10.0 Å². The Bertz CT molecular complexity index is 453. The molecule has 1 aliphatic carbocycles. The van der Waals surface area contributed by atoms with E-state index in [1.54, 1.807) is 12.1 Å². The van der Waals surface area contributed by atoms with Crippen LogP contribution in [0.1, 0.15) is 31.2 Å². The molecule has 2 rings (SSSR count). The molecule has 0 heterocycles. The third-order valence-electron chi connectivity index (χ3n) is 4.60. The summed E-state index contributed by atoms with van der Waals surface area (Å²) in [7, 11) is 2.15. The van der Waals surface area contributed by atoms with Crippen LogP contribution in [0.4, 0.5) is 5.69 Å². The molecule has 1 fully saturated rings. The van der Waals surface area contributed by atoms with Crippen LogP contribution in [0.15, 0.2) is 24.3 Å². The topological polar surface area (TPSA) is 66.6 Å². The molecule has 116 valence electrons. The zero-order chi connectivity index (χ0) is 15.2. The molecule has 0 radical (unpaired) electrons. The van der Waals surface area contributed by atoms with Crippen LogP contribution in [-0.2, 0) is 6.42 Å². The molecule has 1 aromatic rings. The van der Waals surface area contributed by atoms with Crippen molar-refractivity contribution in [2.24, 2.45) is 5.92 Å². The highest BCUT2D eigenvalue weighted by Crippen LogP contribution is 2.26. The molecular formula is C16H24N2O3. The molecule has 0 amide bonds. The summed E-state index contributed by atoms with van der Waals surface area (Å²) in [5, 5.41) is 19.8. The van der Waals surface area contributed by atoms with Crippen molar-refractivity contribution in [2.75, 3.05) is 20.2 Å². The van der Waals surface area contributed by atoms with Crippen LogP contribution >= 0.6 is 0 Å². The highest BCUT2D eigenvalue weighted by molar-refractivity contribution is 5.32. The Hall–Kier alpha value is -1.46. The number of aliphatic hydroxyl groups excluding tert-OH is 1. The molecule has 0 spiro atoms. The molecule has 0 aromatic heterocycles. The van der Waals surface area contributed by atoms with Gasteiger partial charge in [-0.2, -0.15) is 0 Å². The predicted octanol–water partition coefficient (Wildman–Crippen LogP) is 2.62. The van der Waals surface area contributed by atoms with E-state index in [2.05, 4.69) is 11.9 Å². The molecule has 1 aliphatic rings. The smallest absolute Gasteiger partial charge is 0.269 e. The van der Waals surface area contributed by atoms with E-state index in [1.807, 2.05) is 12.1 Å². The van der Waals surface area contributed by atoms with Crippen LogP contribution in [0.2, 0.25) is 0 Å². The zero-order valence-corrected chi connectivity index (χ0v) is 12.6. The van der Waals surface area contributed by atoms with Crippen molar-refractivity contribution in [3.05, 3.63) is 39.9 Å². The predicted molar refractivity (Wildman–Crippen MR) is 82.3 cm³/mol. The third kappa shape index (κ3) is 4.51. The number of hydrogen-bond acceptors (Lipinski definition) is 4. The summed E-state index contributed by atoms with van der Waals surface area (Å²) in [5.41, 5.74) is 1.28. The number of nitro benzene ring substituents is 1. The summed E-state index contributed by atoms with van der Waals surface area (Å²) in [5.74, 6) is 0.490. The van der Waals surface area contributed by atoms with Crippen LogP contribution in [0, 0.1) is 16.0 Å². The Morgan fingerprint density at radius 2 is 1.86 bits per heavy atom. The van der Waals surface area contributed by atoms with Crippen molar-refractivity contribution in [3.8, 4) is 0 Å². The summed E-state index contributed by atoms with van der Waals surface area (Å²) < 4.78 is 0. The Kier molecular flexibility index (Phi) is 5.70. The molecular weight excluding hydrogens is 268 g/mol. The van der Waals surface area contributed by atoms with Gasteiger partial charge >= 0.3 is 0 Å². The lowest BCUT2D eigenvalue weighted by Gasteiger charge is -2.34. The number of aliphatic hydroxyl groups is 1. The van der Waals surface area contributed by atoms with Crippen LogP contribution < -0.4 is 0 Å². The summed E-state index contributed by atoms with van der Waals surface area (Å²) in [4.78, 5) is 12.6. The Morgan fingerprint density at radius 1 is 1.24 bits per heavy atom. The van der Waals surface area contributed by atoms with Gasteiger partial charge in [-0.15, -0.1) is 0 Å². The summed E-state index contributed by atoms with van der Waals surface area (Å²) in [6, 6.07) is 7.43. The van der Waals surface area contributed by atoms with E-state index >= 15 is 0 Å². The standard InChI is InChI=1S/C16H24N2O3/c1-17(15-6-4-14(12-19)5-7-15)11-10-13-2-8-16(9-3-13)18(20)21/h2-3,8-9,14-15,19H,4-7,10-12H2,1H3. The maximum absolute atomic E-state index is 10.6. The van der Waals surface area contributed by atoms with Crippen molar-refractivity contribution < 1.29 is 10.0 Å². The van der Waals surface area contributed by atoms with Gasteiger partial charge in [-0.1, -0.05) is 12.1 Å². The fourth-order valence-corrected chi connectivity index (χ4v) is 3.04. The van der Waals surface area contributed by atoms with E-state index in [0.29, 0.717) is 18.6 Å². The summed E-state index contributed by atoms with van der Waals surface area (Å²) >= 11 is 0.